The molecule has 0 saturated heterocycles. The number of amides is 2. The Balaban J connectivity index is 1.30. The maximum absolute atomic E-state index is 14.4. The second kappa shape index (κ2) is 10.2. The second-order valence-corrected chi connectivity index (χ2v) is 9.70. The van der Waals surface area contributed by atoms with Crippen molar-refractivity contribution in [2.24, 2.45) is 18.9 Å². The number of rotatable bonds is 7. The van der Waals surface area contributed by atoms with Crippen LogP contribution in [0.2, 0.25) is 0 Å². The van der Waals surface area contributed by atoms with Crippen LogP contribution in [0.25, 0.3) is 16.7 Å². The Morgan fingerprint density at radius 2 is 1.87 bits per heavy atom. The van der Waals surface area contributed by atoms with Gasteiger partial charge in [0.2, 0.25) is 0 Å². The fourth-order valence-electron chi connectivity index (χ4n) is 4.87. The van der Waals surface area contributed by atoms with E-state index in [9.17, 15) is 23.6 Å². The van der Waals surface area contributed by atoms with Crippen LogP contribution in [-0.2, 0) is 18.4 Å². The van der Waals surface area contributed by atoms with E-state index < -0.39 is 23.4 Å². The highest BCUT2D eigenvalue weighted by Gasteiger charge is 2.25. The van der Waals surface area contributed by atoms with Gasteiger partial charge in [-0.25, -0.2) is 18.7 Å². The van der Waals surface area contributed by atoms with E-state index in [2.05, 4.69) is 20.7 Å². The van der Waals surface area contributed by atoms with Crippen molar-refractivity contribution in [1.82, 2.24) is 29.8 Å². The van der Waals surface area contributed by atoms with E-state index in [4.69, 9.17) is 4.42 Å². The van der Waals surface area contributed by atoms with Crippen LogP contribution in [0.3, 0.4) is 0 Å². The first-order valence-electron chi connectivity index (χ1n) is 12.4. The molecular formula is C26H27FN6O5. The Kier molecular flexibility index (Phi) is 6.79. The molecule has 0 radical (unpaired) electrons. The van der Waals surface area contributed by atoms with E-state index in [1.54, 1.807) is 32.2 Å². The van der Waals surface area contributed by atoms with Crippen LogP contribution in [0.4, 0.5) is 4.39 Å². The van der Waals surface area contributed by atoms with Crippen molar-refractivity contribution in [3.8, 4) is 0 Å². The summed E-state index contributed by atoms with van der Waals surface area (Å²) in [5, 5.41) is 9.48. The SMILES string of the molecule is CC(=O)C1CCC(CNC(=O)c2cc(C(=O)NCc3ccc4oc(=O)n(C)c4c3)nc3c(F)cnn23)CC1. The summed E-state index contributed by atoms with van der Waals surface area (Å²) in [6, 6.07) is 6.34. The molecule has 1 saturated carbocycles. The molecule has 4 aromatic rings. The zero-order valence-electron chi connectivity index (χ0n) is 21.0. The molecule has 3 heterocycles. The van der Waals surface area contributed by atoms with Gasteiger partial charge in [-0.1, -0.05) is 6.07 Å². The summed E-state index contributed by atoms with van der Waals surface area (Å²) >= 11 is 0. The van der Waals surface area contributed by atoms with E-state index in [0.717, 1.165) is 36.4 Å². The van der Waals surface area contributed by atoms with Crippen LogP contribution in [-0.4, -0.2) is 43.3 Å². The highest BCUT2D eigenvalue weighted by Crippen LogP contribution is 2.29. The molecule has 11 nitrogen and oxygen atoms in total. The lowest BCUT2D eigenvalue weighted by molar-refractivity contribution is -0.121. The van der Waals surface area contributed by atoms with Gasteiger partial charge in [0.15, 0.2) is 17.0 Å². The molecule has 38 heavy (non-hydrogen) atoms. The molecule has 0 bridgehead atoms. The van der Waals surface area contributed by atoms with Gasteiger partial charge in [-0.05, 0) is 56.2 Å². The second-order valence-electron chi connectivity index (χ2n) is 9.70. The largest absolute Gasteiger partial charge is 0.419 e. The molecular weight excluding hydrogens is 495 g/mol. The number of nitrogens with zero attached hydrogens (tertiary/aromatic N) is 4. The summed E-state index contributed by atoms with van der Waals surface area (Å²) in [6.45, 7) is 2.12. The van der Waals surface area contributed by atoms with Gasteiger partial charge in [-0.15, -0.1) is 0 Å². The Morgan fingerprint density at radius 1 is 1.11 bits per heavy atom. The number of aromatic nitrogens is 4. The number of hydrogen-bond acceptors (Lipinski definition) is 7. The van der Waals surface area contributed by atoms with Gasteiger partial charge in [0.05, 0.1) is 11.7 Å². The third-order valence-electron chi connectivity index (χ3n) is 7.18. The maximum Gasteiger partial charge on any atom is 0.419 e. The summed E-state index contributed by atoms with van der Waals surface area (Å²) in [5.41, 5.74) is 1.32. The first-order chi connectivity index (χ1) is 18.2. The number of aryl methyl sites for hydroxylation is 1. The lowest BCUT2D eigenvalue weighted by Crippen LogP contribution is -2.34. The summed E-state index contributed by atoms with van der Waals surface area (Å²) in [4.78, 5) is 53.4. The third-order valence-corrected chi connectivity index (χ3v) is 7.18. The molecule has 0 spiro atoms. The van der Waals surface area contributed by atoms with Crippen molar-refractivity contribution in [2.45, 2.75) is 39.2 Å². The van der Waals surface area contributed by atoms with Crippen LogP contribution in [0.15, 0.2) is 39.7 Å². The van der Waals surface area contributed by atoms with Crippen molar-refractivity contribution in [2.75, 3.05) is 6.54 Å². The van der Waals surface area contributed by atoms with Gasteiger partial charge in [-0.3, -0.25) is 19.0 Å². The highest BCUT2D eigenvalue weighted by molar-refractivity contribution is 5.98. The van der Waals surface area contributed by atoms with Crippen LogP contribution in [0, 0.1) is 17.7 Å². The maximum atomic E-state index is 14.4. The average Bonchev–Trinajstić information content (AvgIpc) is 3.43. The predicted molar refractivity (Wildman–Crippen MR) is 134 cm³/mol. The molecule has 12 heteroatoms. The molecule has 0 aliphatic heterocycles. The molecule has 1 aliphatic rings. The quantitative estimate of drug-likeness (QED) is 0.380. The number of carbonyl (C=O) groups excluding carboxylic acids is 3. The predicted octanol–water partition coefficient (Wildman–Crippen LogP) is 2.37. The van der Waals surface area contributed by atoms with Gasteiger partial charge >= 0.3 is 5.76 Å². The lowest BCUT2D eigenvalue weighted by atomic mass is 9.80. The molecule has 0 unspecified atom stereocenters. The molecule has 2 N–H and O–H groups in total. The Bertz CT molecular complexity index is 1610. The van der Waals surface area contributed by atoms with Crippen molar-refractivity contribution < 1.29 is 23.2 Å². The van der Waals surface area contributed by atoms with Crippen LogP contribution in [0.1, 0.15) is 59.1 Å². The molecule has 3 aromatic heterocycles. The lowest BCUT2D eigenvalue weighted by Gasteiger charge is -2.27. The standard InChI is InChI=1S/C26H27FN6O5/c1-14(34)17-6-3-15(4-7-17)11-29-25(36)21-10-19(31-23-18(27)13-30-33(21)23)24(35)28-12-16-5-8-22-20(9-16)32(2)26(37)38-22/h5,8-10,13,15,17H,3-4,6-7,11-12H2,1-2H3,(H,28,35)(H,29,36). The van der Waals surface area contributed by atoms with E-state index in [-0.39, 0.29) is 41.2 Å². The van der Waals surface area contributed by atoms with Crippen molar-refractivity contribution in [3.63, 3.8) is 0 Å². The van der Waals surface area contributed by atoms with Gasteiger partial charge in [0.1, 0.15) is 17.2 Å². The first kappa shape index (κ1) is 25.3. The summed E-state index contributed by atoms with van der Waals surface area (Å²) in [7, 11) is 1.58. The van der Waals surface area contributed by atoms with Gasteiger partial charge in [0.25, 0.3) is 11.8 Å². The number of benzene rings is 1. The number of Topliss-reactive ketones (excluding diaryl/α,β-unsaturated/α-hetero) is 1. The minimum absolute atomic E-state index is 0.0173. The Hall–Kier alpha value is -4.35. The summed E-state index contributed by atoms with van der Waals surface area (Å²) in [6.07, 6.45) is 4.20. The number of oxazole rings is 1. The molecule has 1 fully saturated rings. The van der Waals surface area contributed by atoms with E-state index >= 15 is 0 Å². The Labute approximate surface area is 216 Å². The van der Waals surface area contributed by atoms with Crippen LogP contribution < -0.4 is 16.4 Å². The minimum Gasteiger partial charge on any atom is -0.408 e. The number of nitrogens with one attached hydrogen (secondary N) is 2. The average molecular weight is 523 g/mol. The number of carbonyl (C=O) groups is 3. The smallest absolute Gasteiger partial charge is 0.408 e. The normalized spacial score (nSPS) is 17.6. The zero-order valence-corrected chi connectivity index (χ0v) is 21.0. The number of hydrogen-bond donors (Lipinski definition) is 2. The fraction of sp³-hybridized carbons (Fsp3) is 0.385. The first-order valence-corrected chi connectivity index (χ1v) is 12.4. The molecule has 1 aliphatic carbocycles. The monoisotopic (exact) mass is 522 g/mol. The van der Waals surface area contributed by atoms with Crippen LogP contribution in [0.5, 0.6) is 0 Å². The molecule has 5 rings (SSSR count). The van der Waals surface area contributed by atoms with E-state index in [1.807, 2.05) is 0 Å². The van der Waals surface area contributed by atoms with Crippen LogP contribution >= 0.6 is 0 Å². The number of ketones is 1. The zero-order chi connectivity index (χ0) is 27.0. The summed E-state index contributed by atoms with van der Waals surface area (Å²) < 4.78 is 21.9. The minimum atomic E-state index is -0.761. The number of fused-ring (bicyclic) bond motifs is 2. The Morgan fingerprint density at radius 3 is 2.61 bits per heavy atom. The topological polar surface area (TPSA) is 141 Å². The highest BCUT2D eigenvalue weighted by atomic mass is 19.1. The van der Waals surface area contributed by atoms with Crippen molar-refractivity contribution >= 4 is 34.3 Å². The molecule has 1 aromatic carbocycles. The van der Waals surface area contributed by atoms with Gasteiger partial charge < -0.3 is 15.1 Å². The molecule has 2 amide bonds. The van der Waals surface area contributed by atoms with Crippen molar-refractivity contribution in [1.29, 1.82) is 0 Å². The van der Waals surface area contributed by atoms with Crippen molar-refractivity contribution in [3.05, 3.63) is 63.8 Å². The van der Waals surface area contributed by atoms with E-state index in [0.29, 0.717) is 23.2 Å². The summed E-state index contributed by atoms with van der Waals surface area (Å²) in [5.74, 6) is -1.84. The molecule has 0 atom stereocenters. The van der Waals surface area contributed by atoms with Gasteiger partial charge in [-0.2, -0.15) is 5.10 Å². The van der Waals surface area contributed by atoms with E-state index in [1.165, 1.54) is 10.6 Å². The molecule has 198 valence electrons. The third kappa shape index (κ3) is 4.93. The number of halogens is 1. The fourth-order valence-corrected chi connectivity index (χ4v) is 4.87. The van der Waals surface area contributed by atoms with Gasteiger partial charge in [0, 0.05) is 32.1 Å².